The first-order valence-corrected chi connectivity index (χ1v) is 6.56. The van der Waals surface area contributed by atoms with Crippen molar-refractivity contribution < 1.29 is 4.79 Å². The first kappa shape index (κ1) is 10.7. The van der Waals surface area contributed by atoms with E-state index in [4.69, 9.17) is 0 Å². The fraction of sp³-hybridized carbons (Fsp3) is 0.300. The maximum atomic E-state index is 11.4. The van der Waals surface area contributed by atoms with Gasteiger partial charge in [0.25, 0.3) is 0 Å². The molecule has 1 aromatic carbocycles. The van der Waals surface area contributed by atoms with E-state index in [0.29, 0.717) is 5.75 Å². The van der Waals surface area contributed by atoms with E-state index >= 15 is 0 Å². The lowest BCUT2D eigenvalue weighted by molar-refractivity contribution is 0.102. The Balaban J connectivity index is 2.74. The van der Waals surface area contributed by atoms with E-state index in [1.807, 2.05) is 36.8 Å². The molecule has 1 aromatic rings. The van der Waals surface area contributed by atoms with Gasteiger partial charge in [0.05, 0.1) is 5.75 Å². The van der Waals surface area contributed by atoms with Crippen molar-refractivity contribution in [2.24, 2.45) is 0 Å². The van der Waals surface area contributed by atoms with Gasteiger partial charge in [-0.1, -0.05) is 12.1 Å². The van der Waals surface area contributed by atoms with Crippen molar-refractivity contribution in [3.05, 3.63) is 29.8 Å². The number of hydrogen-bond donors (Lipinski definition) is 0. The Labute approximate surface area is 87.3 Å². The number of carbonyl (C=O) groups excluding carboxylic acids is 1. The molecule has 70 valence electrons. The third kappa shape index (κ3) is 3.08. The summed E-state index contributed by atoms with van der Waals surface area (Å²) in [5.41, 5.74) is 0.812. The third-order valence-corrected chi connectivity index (χ3v) is 2.98. The smallest absolute Gasteiger partial charge is 0.172 e. The summed E-state index contributed by atoms with van der Waals surface area (Å²) in [4.78, 5) is 12.6. The molecule has 0 amide bonds. The van der Waals surface area contributed by atoms with Crippen molar-refractivity contribution in [1.82, 2.24) is 0 Å². The Morgan fingerprint density at radius 2 is 1.85 bits per heavy atom. The molecule has 1 nitrogen and oxygen atoms in total. The second-order valence-corrected chi connectivity index (χ2v) is 4.33. The minimum atomic E-state index is 0.208. The molecule has 0 N–H and O–H groups in total. The Bertz CT molecular complexity index is 279. The number of carbonyl (C=O) groups is 1. The minimum Gasteiger partial charge on any atom is -0.293 e. The molecule has 0 heterocycles. The highest BCUT2D eigenvalue weighted by molar-refractivity contribution is 7.99. The van der Waals surface area contributed by atoms with Gasteiger partial charge in [0, 0.05) is 10.5 Å². The van der Waals surface area contributed by atoms with Crippen LogP contribution >= 0.6 is 23.5 Å². The van der Waals surface area contributed by atoms with Crippen LogP contribution in [0.4, 0.5) is 0 Å². The van der Waals surface area contributed by atoms with E-state index in [1.165, 1.54) is 4.90 Å². The zero-order chi connectivity index (χ0) is 9.68. The van der Waals surface area contributed by atoms with Crippen molar-refractivity contribution in [2.45, 2.75) is 4.90 Å². The van der Waals surface area contributed by atoms with Gasteiger partial charge >= 0.3 is 0 Å². The van der Waals surface area contributed by atoms with Gasteiger partial charge < -0.3 is 0 Å². The van der Waals surface area contributed by atoms with E-state index in [0.717, 1.165) is 5.56 Å². The molecule has 0 unspecified atom stereocenters. The van der Waals surface area contributed by atoms with Gasteiger partial charge in [-0.15, -0.1) is 11.8 Å². The second-order valence-electron chi connectivity index (χ2n) is 2.58. The molecule has 0 fully saturated rings. The number of thioether (sulfide) groups is 2. The quantitative estimate of drug-likeness (QED) is 0.564. The van der Waals surface area contributed by atoms with Crippen LogP contribution in [0.5, 0.6) is 0 Å². The van der Waals surface area contributed by atoms with Crippen LogP contribution in [0.3, 0.4) is 0 Å². The van der Waals surface area contributed by atoms with E-state index in [1.54, 1.807) is 23.5 Å². The topological polar surface area (TPSA) is 17.1 Å². The van der Waals surface area contributed by atoms with Crippen molar-refractivity contribution in [3.8, 4) is 0 Å². The average molecular weight is 212 g/mol. The largest absolute Gasteiger partial charge is 0.293 e. The van der Waals surface area contributed by atoms with Gasteiger partial charge in [-0.3, -0.25) is 4.79 Å². The number of Topliss-reactive ketones (excluding diaryl/α,β-unsaturated/α-hetero) is 1. The summed E-state index contributed by atoms with van der Waals surface area (Å²) in [5.74, 6) is 0.777. The normalized spacial score (nSPS) is 10.0. The van der Waals surface area contributed by atoms with Crippen LogP contribution in [0.25, 0.3) is 0 Å². The highest BCUT2D eigenvalue weighted by atomic mass is 32.2. The van der Waals surface area contributed by atoms with Crippen LogP contribution in [-0.4, -0.2) is 24.0 Å². The van der Waals surface area contributed by atoms with Crippen LogP contribution in [0.15, 0.2) is 29.2 Å². The van der Waals surface area contributed by atoms with Crippen LogP contribution in [0, 0.1) is 0 Å². The maximum absolute atomic E-state index is 11.4. The molecular formula is C10H12OS2. The molecule has 0 aliphatic heterocycles. The van der Waals surface area contributed by atoms with Crippen molar-refractivity contribution >= 4 is 29.3 Å². The predicted octanol–water partition coefficient (Wildman–Crippen LogP) is 2.95. The van der Waals surface area contributed by atoms with Gasteiger partial charge in [0.2, 0.25) is 0 Å². The molecule has 0 aliphatic rings. The Hall–Kier alpha value is -0.410. The van der Waals surface area contributed by atoms with Crippen molar-refractivity contribution in [1.29, 1.82) is 0 Å². The van der Waals surface area contributed by atoms with Gasteiger partial charge in [0.15, 0.2) is 5.78 Å². The Kier molecular flexibility index (Phi) is 4.39. The molecule has 13 heavy (non-hydrogen) atoms. The van der Waals surface area contributed by atoms with Gasteiger partial charge in [-0.2, -0.15) is 11.8 Å². The number of ketones is 1. The zero-order valence-corrected chi connectivity index (χ0v) is 9.37. The molecular weight excluding hydrogens is 200 g/mol. The van der Waals surface area contributed by atoms with Crippen LogP contribution in [-0.2, 0) is 0 Å². The van der Waals surface area contributed by atoms with Crippen molar-refractivity contribution in [2.75, 3.05) is 18.3 Å². The van der Waals surface area contributed by atoms with E-state index in [-0.39, 0.29) is 5.78 Å². The summed E-state index contributed by atoms with van der Waals surface area (Å²) in [6, 6.07) is 7.76. The summed E-state index contributed by atoms with van der Waals surface area (Å²) in [6.45, 7) is 0. The molecule has 0 aromatic heterocycles. The molecule has 0 saturated carbocycles. The average Bonchev–Trinajstić information content (AvgIpc) is 2.18. The first-order chi connectivity index (χ1) is 6.27. The van der Waals surface area contributed by atoms with Gasteiger partial charge in [-0.25, -0.2) is 0 Å². The van der Waals surface area contributed by atoms with Crippen molar-refractivity contribution in [3.63, 3.8) is 0 Å². The minimum absolute atomic E-state index is 0.208. The summed E-state index contributed by atoms with van der Waals surface area (Å²) in [5, 5.41) is 0. The van der Waals surface area contributed by atoms with E-state index in [2.05, 4.69) is 0 Å². The van der Waals surface area contributed by atoms with Crippen LogP contribution in [0.1, 0.15) is 10.4 Å². The molecule has 0 bridgehead atoms. The SMILES string of the molecule is CSCC(=O)c1ccc(SC)cc1. The fourth-order valence-electron chi connectivity index (χ4n) is 0.991. The first-order valence-electron chi connectivity index (χ1n) is 3.94. The van der Waals surface area contributed by atoms with E-state index < -0.39 is 0 Å². The molecule has 0 saturated heterocycles. The molecule has 0 atom stereocenters. The molecule has 0 radical (unpaired) electrons. The lowest BCUT2D eigenvalue weighted by Crippen LogP contribution is -2.01. The summed E-state index contributed by atoms with van der Waals surface area (Å²) in [6.07, 6.45) is 3.97. The highest BCUT2D eigenvalue weighted by Crippen LogP contribution is 2.15. The summed E-state index contributed by atoms with van der Waals surface area (Å²) in [7, 11) is 0. The van der Waals surface area contributed by atoms with E-state index in [9.17, 15) is 4.79 Å². The monoisotopic (exact) mass is 212 g/mol. The predicted molar refractivity (Wildman–Crippen MR) is 60.9 cm³/mol. The van der Waals surface area contributed by atoms with Crippen LogP contribution in [0.2, 0.25) is 0 Å². The summed E-state index contributed by atoms with van der Waals surface area (Å²) >= 11 is 3.25. The molecule has 1 rings (SSSR count). The third-order valence-electron chi connectivity index (χ3n) is 1.69. The highest BCUT2D eigenvalue weighted by Gasteiger charge is 2.03. The Morgan fingerprint density at radius 3 is 2.31 bits per heavy atom. The van der Waals surface area contributed by atoms with Gasteiger partial charge in [-0.05, 0) is 24.6 Å². The number of rotatable bonds is 4. The maximum Gasteiger partial charge on any atom is 0.172 e. The molecule has 3 heteroatoms. The number of benzene rings is 1. The lowest BCUT2D eigenvalue weighted by atomic mass is 10.1. The Morgan fingerprint density at radius 1 is 1.23 bits per heavy atom. The van der Waals surface area contributed by atoms with Gasteiger partial charge in [0.1, 0.15) is 0 Å². The van der Waals surface area contributed by atoms with Crippen LogP contribution < -0.4 is 0 Å². The standard InChI is InChI=1S/C10H12OS2/c1-12-7-10(11)8-3-5-9(13-2)6-4-8/h3-6H,7H2,1-2H3. The fourth-order valence-corrected chi connectivity index (χ4v) is 1.83. The molecule has 0 spiro atoms. The lowest BCUT2D eigenvalue weighted by Gasteiger charge is -1.99. The second kappa shape index (κ2) is 5.35. The zero-order valence-electron chi connectivity index (χ0n) is 7.74. The summed E-state index contributed by atoms with van der Waals surface area (Å²) < 4.78 is 0. The number of hydrogen-bond acceptors (Lipinski definition) is 3. The molecule has 0 aliphatic carbocycles.